The molecule has 7 nitrogen and oxygen atoms in total. The van der Waals surface area contributed by atoms with E-state index in [9.17, 15) is 5.11 Å². The lowest BCUT2D eigenvalue weighted by molar-refractivity contribution is -0.115. The van der Waals surface area contributed by atoms with Gasteiger partial charge < -0.3 is 14.3 Å². The molecule has 4 atom stereocenters. The topological polar surface area (TPSA) is 66.9 Å². The van der Waals surface area contributed by atoms with Crippen LogP contribution in [0.1, 0.15) is 18.2 Å². The molecule has 2 aromatic rings. The molecule has 29 heavy (non-hydrogen) atoms. The molecular weight excluding hydrogens is 368 g/mol. The Kier molecular flexibility index (Phi) is 4.86. The Bertz CT molecular complexity index is 877. The van der Waals surface area contributed by atoms with Crippen LogP contribution in [0.3, 0.4) is 0 Å². The molecule has 1 spiro atoms. The van der Waals surface area contributed by atoms with Crippen molar-refractivity contribution in [2.45, 2.75) is 25.2 Å². The Morgan fingerprint density at radius 2 is 2.21 bits per heavy atom. The molecular formula is C22H30N4O3. The summed E-state index contributed by atoms with van der Waals surface area (Å²) in [7, 11) is 1.95. The van der Waals surface area contributed by atoms with Crippen LogP contribution in [0.25, 0.3) is 6.08 Å². The normalized spacial score (nSPS) is 32.8. The van der Waals surface area contributed by atoms with Crippen molar-refractivity contribution >= 4 is 6.08 Å². The van der Waals surface area contributed by atoms with Crippen molar-refractivity contribution in [1.29, 1.82) is 0 Å². The molecule has 3 fully saturated rings. The quantitative estimate of drug-likeness (QED) is 0.798. The number of morpholine rings is 1. The fourth-order valence-electron chi connectivity index (χ4n) is 5.69. The van der Waals surface area contributed by atoms with Crippen LogP contribution >= 0.6 is 0 Å². The molecule has 7 heteroatoms. The highest BCUT2D eigenvalue weighted by Crippen LogP contribution is 2.49. The van der Waals surface area contributed by atoms with E-state index in [2.05, 4.69) is 34.1 Å². The van der Waals surface area contributed by atoms with Crippen LogP contribution in [0.5, 0.6) is 0 Å². The summed E-state index contributed by atoms with van der Waals surface area (Å²) in [6.07, 6.45) is 7.96. The van der Waals surface area contributed by atoms with Crippen LogP contribution in [0.15, 0.2) is 40.8 Å². The lowest BCUT2D eigenvalue weighted by Gasteiger charge is -2.40. The van der Waals surface area contributed by atoms with Crippen LogP contribution in [0, 0.1) is 11.8 Å². The van der Waals surface area contributed by atoms with Gasteiger partial charge in [-0.1, -0.05) is 5.57 Å². The first-order valence-corrected chi connectivity index (χ1v) is 10.5. The lowest BCUT2D eigenvalue weighted by atomic mass is 9.83. The summed E-state index contributed by atoms with van der Waals surface area (Å²) in [5, 5.41) is 14.4. The number of aliphatic hydroxyl groups excluding tert-OH is 1. The number of aryl methyl sites for hydroxylation is 1. The number of hydrogen-bond donors (Lipinski definition) is 1. The Hall–Kier alpha value is -1.93. The summed E-state index contributed by atoms with van der Waals surface area (Å²) in [6, 6.07) is 3.90. The SMILES string of the molecule is C/C(=C\c1ccco1)CN1C[C@H]2O[C@@]3(CN(Cc4cnn(C)c4)C[C@@H]3[C@@H]2CO)C1. The molecule has 5 rings (SSSR count). The number of hydrogen-bond acceptors (Lipinski definition) is 6. The van der Waals surface area contributed by atoms with Crippen molar-refractivity contribution in [2.75, 3.05) is 39.3 Å². The molecule has 0 amide bonds. The zero-order valence-corrected chi connectivity index (χ0v) is 17.2. The third-order valence-corrected chi connectivity index (χ3v) is 6.71. The molecule has 3 aliphatic heterocycles. The molecule has 0 aliphatic carbocycles. The summed E-state index contributed by atoms with van der Waals surface area (Å²) in [5.41, 5.74) is 2.33. The maximum Gasteiger partial charge on any atom is 0.126 e. The van der Waals surface area contributed by atoms with Crippen molar-refractivity contribution in [3.05, 3.63) is 47.7 Å². The standard InChI is InChI=1S/C22H30N4O3/c1-16(6-18-4-3-5-28-18)8-25-12-21-19(13-27)20-11-26(15-22(20,14-25)29-21)10-17-7-23-24(2)9-17/h3-7,9,19-21,27H,8,10-15H2,1-2H3/b16-6+/t19-,20+,21+,22+/m0/s1. The van der Waals surface area contributed by atoms with Crippen LogP contribution in [-0.4, -0.2) is 75.7 Å². The third kappa shape index (κ3) is 3.57. The van der Waals surface area contributed by atoms with E-state index in [1.165, 1.54) is 11.1 Å². The van der Waals surface area contributed by atoms with Gasteiger partial charge in [-0.3, -0.25) is 14.5 Å². The number of aliphatic hydroxyl groups is 1. The molecule has 2 aromatic heterocycles. The smallest absolute Gasteiger partial charge is 0.126 e. The van der Waals surface area contributed by atoms with E-state index < -0.39 is 0 Å². The van der Waals surface area contributed by atoms with Crippen molar-refractivity contribution in [2.24, 2.45) is 18.9 Å². The molecule has 0 aromatic carbocycles. The number of furan rings is 1. The maximum absolute atomic E-state index is 10.1. The zero-order valence-electron chi connectivity index (χ0n) is 17.2. The van der Waals surface area contributed by atoms with Gasteiger partial charge in [0.1, 0.15) is 5.76 Å². The van der Waals surface area contributed by atoms with E-state index in [1.54, 1.807) is 6.26 Å². The number of likely N-dealkylation sites (tertiary alicyclic amines) is 2. The minimum atomic E-state index is -0.177. The van der Waals surface area contributed by atoms with Gasteiger partial charge in [-0.2, -0.15) is 5.10 Å². The molecule has 5 heterocycles. The highest BCUT2D eigenvalue weighted by molar-refractivity contribution is 5.46. The van der Waals surface area contributed by atoms with E-state index in [1.807, 2.05) is 30.1 Å². The van der Waals surface area contributed by atoms with E-state index in [-0.39, 0.29) is 24.2 Å². The van der Waals surface area contributed by atoms with Crippen LogP contribution in [0.2, 0.25) is 0 Å². The predicted molar refractivity (Wildman–Crippen MR) is 109 cm³/mol. The highest BCUT2D eigenvalue weighted by atomic mass is 16.5. The van der Waals surface area contributed by atoms with Crippen molar-refractivity contribution in [1.82, 2.24) is 19.6 Å². The zero-order chi connectivity index (χ0) is 20.0. The van der Waals surface area contributed by atoms with Crippen molar-refractivity contribution in [3.63, 3.8) is 0 Å². The van der Waals surface area contributed by atoms with Crippen molar-refractivity contribution < 1.29 is 14.3 Å². The number of aromatic nitrogens is 2. The molecule has 0 saturated carbocycles. The first-order valence-electron chi connectivity index (χ1n) is 10.5. The molecule has 3 aliphatic rings. The lowest BCUT2D eigenvalue weighted by Crippen LogP contribution is -2.54. The van der Waals surface area contributed by atoms with Crippen LogP contribution in [0.4, 0.5) is 0 Å². The minimum Gasteiger partial charge on any atom is -0.465 e. The number of rotatable bonds is 6. The average molecular weight is 399 g/mol. The van der Waals surface area contributed by atoms with E-state index in [0.29, 0.717) is 5.92 Å². The molecule has 0 unspecified atom stereocenters. The van der Waals surface area contributed by atoms with Gasteiger partial charge in [0, 0.05) is 76.5 Å². The molecule has 2 bridgehead atoms. The number of nitrogens with zero attached hydrogens (tertiary/aromatic N) is 4. The summed E-state index contributed by atoms with van der Waals surface area (Å²) in [5.74, 6) is 1.49. The molecule has 0 radical (unpaired) electrons. The second-order valence-electron chi connectivity index (χ2n) is 9.04. The molecule has 3 saturated heterocycles. The van der Waals surface area contributed by atoms with Crippen LogP contribution < -0.4 is 0 Å². The Morgan fingerprint density at radius 1 is 1.34 bits per heavy atom. The van der Waals surface area contributed by atoms with Gasteiger partial charge in [-0.25, -0.2) is 0 Å². The second-order valence-corrected chi connectivity index (χ2v) is 9.04. The largest absolute Gasteiger partial charge is 0.465 e. The van der Waals surface area contributed by atoms with Gasteiger partial charge in [0.2, 0.25) is 0 Å². The number of ether oxygens (including phenoxy) is 1. The molecule has 1 N–H and O–H groups in total. The summed E-state index contributed by atoms with van der Waals surface area (Å²) >= 11 is 0. The van der Waals surface area contributed by atoms with Crippen molar-refractivity contribution in [3.8, 4) is 0 Å². The summed E-state index contributed by atoms with van der Waals surface area (Å²) in [4.78, 5) is 4.97. The molecule has 156 valence electrons. The van der Waals surface area contributed by atoms with E-state index in [0.717, 1.165) is 45.0 Å². The fourth-order valence-corrected chi connectivity index (χ4v) is 5.69. The Balaban J connectivity index is 1.31. The monoisotopic (exact) mass is 398 g/mol. The first kappa shape index (κ1) is 19.1. The van der Waals surface area contributed by atoms with Crippen LogP contribution in [-0.2, 0) is 18.3 Å². The van der Waals surface area contributed by atoms with E-state index >= 15 is 0 Å². The predicted octanol–water partition coefficient (Wildman–Crippen LogP) is 1.61. The fraction of sp³-hybridized carbons (Fsp3) is 0.591. The maximum atomic E-state index is 10.1. The average Bonchev–Trinajstić information content (AvgIpc) is 3.41. The summed E-state index contributed by atoms with van der Waals surface area (Å²) in [6.45, 7) is 7.83. The first-order chi connectivity index (χ1) is 14.0. The van der Waals surface area contributed by atoms with Gasteiger partial charge in [-0.05, 0) is 25.1 Å². The van der Waals surface area contributed by atoms with Gasteiger partial charge >= 0.3 is 0 Å². The van der Waals surface area contributed by atoms with Gasteiger partial charge in [0.15, 0.2) is 0 Å². The second kappa shape index (κ2) is 7.40. The van der Waals surface area contributed by atoms with E-state index in [4.69, 9.17) is 9.15 Å². The van der Waals surface area contributed by atoms with Gasteiger partial charge in [-0.15, -0.1) is 0 Å². The Morgan fingerprint density at radius 3 is 2.93 bits per heavy atom. The highest BCUT2D eigenvalue weighted by Gasteiger charge is 2.61. The third-order valence-electron chi connectivity index (χ3n) is 6.71. The summed E-state index contributed by atoms with van der Waals surface area (Å²) < 4.78 is 13.9. The van der Waals surface area contributed by atoms with Gasteiger partial charge in [0.25, 0.3) is 0 Å². The minimum absolute atomic E-state index is 0.121. The number of fused-ring (bicyclic) bond motifs is 1. The van der Waals surface area contributed by atoms with Gasteiger partial charge in [0.05, 0.1) is 24.2 Å². The Labute approximate surface area is 171 Å².